The van der Waals surface area contributed by atoms with Gasteiger partial charge in [-0.15, -0.1) is 12.6 Å². The van der Waals surface area contributed by atoms with Crippen molar-refractivity contribution >= 4 is 24.0 Å². The number of fused-ring (bicyclic) bond motifs is 1. The highest BCUT2D eigenvalue weighted by Crippen LogP contribution is 2.26. The van der Waals surface area contributed by atoms with Gasteiger partial charge in [0.15, 0.2) is 5.82 Å². The van der Waals surface area contributed by atoms with Gasteiger partial charge in [-0.3, -0.25) is 0 Å². The molecule has 0 radical (unpaired) electrons. The van der Waals surface area contributed by atoms with Gasteiger partial charge in [-0.2, -0.15) is 5.10 Å². The van der Waals surface area contributed by atoms with Crippen LogP contribution in [0.3, 0.4) is 0 Å². The van der Waals surface area contributed by atoms with Crippen molar-refractivity contribution in [3.63, 3.8) is 0 Å². The zero-order chi connectivity index (χ0) is 10.3. The maximum atomic E-state index is 9.47. The number of nitrogens with zero attached hydrogens (tertiary/aromatic N) is 3. The molecule has 0 amide bonds. The van der Waals surface area contributed by atoms with Crippen LogP contribution in [0, 0.1) is 0 Å². The van der Waals surface area contributed by atoms with E-state index in [4.69, 9.17) is 5.73 Å². The van der Waals surface area contributed by atoms with E-state index < -0.39 is 6.10 Å². The number of aliphatic hydroxyl groups excluding tert-OH is 1. The summed E-state index contributed by atoms with van der Waals surface area (Å²) in [5, 5.41) is 13.5. The Morgan fingerprint density at radius 1 is 1.64 bits per heavy atom. The van der Waals surface area contributed by atoms with Gasteiger partial charge in [0.25, 0.3) is 0 Å². The van der Waals surface area contributed by atoms with Crippen molar-refractivity contribution in [3.8, 4) is 0 Å². The monoisotopic (exact) mass is 210 g/mol. The molecule has 74 valence electrons. The molecule has 2 rings (SSSR count). The highest BCUT2D eigenvalue weighted by Gasteiger charge is 2.13. The van der Waals surface area contributed by atoms with Crippen LogP contribution in [-0.4, -0.2) is 19.7 Å². The van der Waals surface area contributed by atoms with Gasteiger partial charge in [0.1, 0.15) is 11.8 Å². The molecule has 3 N–H and O–H groups in total. The van der Waals surface area contributed by atoms with Gasteiger partial charge in [-0.25, -0.2) is 9.50 Å². The second-order valence-electron chi connectivity index (χ2n) is 3.04. The Kier molecular flexibility index (Phi) is 2.09. The Bertz CT molecular complexity index is 479. The molecule has 0 saturated heterocycles. The molecule has 0 fully saturated rings. The molecule has 14 heavy (non-hydrogen) atoms. The molecule has 0 spiro atoms. The fourth-order valence-corrected chi connectivity index (χ4v) is 1.71. The third-order valence-corrected chi connectivity index (χ3v) is 2.36. The third-order valence-electron chi connectivity index (χ3n) is 2.02. The summed E-state index contributed by atoms with van der Waals surface area (Å²) < 4.78 is 1.55. The van der Waals surface area contributed by atoms with Crippen molar-refractivity contribution in [2.75, 3.05) is 5.73 Å². The first-order valence-corrected chi connectivity index (χ1v) is 4.55. The summed E-state index contributed by atoms with van der Waals surface area (Å²) in [6.07, 6.45) is 0.735. The second kappa shape index (κ2) is 3.14. The summed E-state index contributed by atoms with van der Waals surface area (Å²) in [5.41, 5.74) is 6.95. The number of nitrogens with two attached hydrogens (primary N) is 1. The SMILES string of the molecule is CC(O)c1cc(S)c2c(N)ncnn12. The van der Waals surface area contributed by atoms with Crippen LogP contribution in [-0.2, 0) is 0 Å². The Hall–Kier alpha value is -1.27. The van der Waals surface area contributed by atoms with Crippen LogP contribution in [0.1, 0.15) is 18.7 Å². The second-order valence-corrected chi connectivity index (χ2v) is 3.52. The molecule has 0 aromatic carbocycles. The van der Waals surface area contributed by atoms with Crippen LogP contribution in [0.4, 0.5) is 5.82 Å². The predicted octanol–water partition coefficient (Wildman–Crippen LogP) is 0.654. The lowest BCUT2D eigenvalue weighted by molar-refractivity contribution is 0.192. The lowest BCUT2D eigenvalue weighted by atomic mass is 10.3. The molecule has 0 saturated carbocycles. The average molecular weight is 210 g/mol. The maximum Gasteiger partial charge on any atom is 0.152 e. The molecule has 0 aliphatic rings. The molecule has 6 heteroatoms. The molecule has 1 unspecified atom stereocenters. The number of aromatic nitrogens is 3. The molecule has 5 nitrogen and oxygen atoms in total. The van der Waals surface area contributed by atoms with Crippen LogP contribution in [0.5, 0.6) is 0 Å². The van der Waals surface area contributed by atoms with Gasteiger partial charge < -0.3 is 10.8 Å². The quantitative estimate of drug-likeness (QED) is 0.604. The normalized spacial score (nSPS) is 13.4. The van der Waals surface area contributed by atoms with E-state index in [0.29, 0.717) is 21.9 Å². The fraction of sp³-hybridized carbons (Fsp3) is 0.250. The van der Waals surface area contributed by atoms with Gasteiger partial charge in [0.2, 0.25) is 0 Å². The molecule has 0 bridgehead atoms. The van der Waals surface area contributed by atoms with Gasteiger partial charge >= 0.3 is 0 Å². The fourth-order valence-electron chi connectivity index (χ4n) is 1.37. The Balaban J connectivity index is 2.84. The van der Waals surface area contributed by atoms with E-state index in [1.54, 1.807) is 17.5 Å². The van der Waals surface area contributed by atoms with E-state index in [-0.39, 0.29) is 0 Å². The molecule has 1 atom stereocenters. The summed E-state index contributed by atoms with van der Waals surface area (Å²) >= 11 is 4.24. The highest BCUT2D eigenvalue weighted by atomic mass is 32.1. The lowest BCUT2D eigenvalue weighted by Crippen LogP contribution is -2.03. The minimum atomic E-state index is -0.613. The topological polar surface area (TPSA) is 76.4 Å². The van der Waals surface area contributed by atoms with Gasteiger partial charge in [0, 0.05) is 4.90 Å². The van der Waals surface area contributed by atoms with Crippen LogP contribution in [0.2, 0.25) is 0 Å². The molecule has 2 heterocycles. The van der Waals surface area contributed by atoms with Crippen LogP contribution in [0.25, 0.3) is 5.52 Å². The first kappa shape index (κ1) is 9.29. The summed E-state index contributed by atoms with van der Waals surface area (Å²) in [6, 6.07) is 1.73. The minimum absolute atomic E-state index is 0.358. The molecule has 2 aromatic heterocycles. The summed E-state index contributed by atoms with van der Waals surface area (Å²) in [5.74, 6) is 0.358. The van der Waals surface area contributed by atoms with E-state index in [0.717, 1.165) is 0 Å². The largest absolute Gasteiger partial charge is 0.387 e. The number of thiol groups is 1. The lowest BCUT2D eigenvalue weighted by Gasteiger charge is -2.03. The van der Waals surface area contributed by atoms with Crippen molar-refractivity contribution in [2.45, 2.75) is 17.9 Å². The van der Waals surface area contributed by atoms with E-state index in [9.17, 15) is 5.11 Å². The minimum Gasteiger partial charge on any atom is -0.387 e. The van der Waals surface area contributed by atoms with Gasteiger partial charge in [0.05, 0.1) is 11.8 Å². The number of hydrogen-bond acceptors (Lipinski definition) is 5. The standard InChI is InChI=1S/C8H10N4OS/c1-4(13)5-2-6(14)7-8(9)10-3-11-12(5)7/h2-4,13-14H,1H3,(H2,9,10,11). The number of aliphatic hydroxyl groups is 1. The van der Waals surface area contributed by atoms with Crippen LogP contribution >= 0.6 is 12.6 Å². The van der Waals surface area contributed by atoms with E-state index in [1.165, 1.54) is 6.33 Å². The number of rotatable bonds is 1. The number of anilines is 1. The van der Waals surface area contributed by atoms with Crippen molar-refractivity contribution in [3.05, 3.63) is 18.1 Å². The van der Waals surface area contributed by atoms with Crippen LogP contribution in [0.15, 0.2) is 17.3 Å². The molecule has 0 aliphatic heterocycles. The van der Waals surface area contributed by atoms with Crippen LogP contribution < -0.4 is 5.73 Å². The van der Waals surface area contributed by atoms with Crippen molar-refractivity contribution in [1.29, 1.82) is 0 Å². The summed E-state index contributed by atoms with van der Waals surface area (Å²) in [6.45, 7) is 1.66. The van der Waals surface area contributed by atoms with Crippen molar-refractivity contribution in [2.24, 2.45) is 0 Å². The first-order valence-electron chi connectivity index (χ1n) is 4.10. The molecule has 2 aromatic rings. The average Bonchev–Trinajstić information content (AvgIpc) is 2.45. The maximum absolute atomic E-state index is 9.47. The molecule has 0 aliphatic carbocycles. The predicted molar refractivity (Wildman–Crippen MR) is 55.3 cm³/mol. The van der Waals surface area contributed by atoms with Crippen molar-refractivity contribution < 1.29 is 5.11 Å². The zero-order valence-electron chi connectivity index (χ0n) is 7.55. The third kappa shape index (κ3) is 1.23. The summed E-state index contributed by atoms with van der Waals surface area (Å²) in [7, 11) is 0. The Morgan fingerprint density at radius 2 is 2.36 bits per heavy atom. The summed E-state index contributed by atoms with van der Waals surface area (Å²) in [4.78, 5) is 4.52. The smallest absolute Gasteiger partial charge is 0.152 e. The number of nitrogen functional groups attached to an aromatic ring is 1. The Labute approximate surface area is 86.0 Å². The Morgan fingerprint density at radius 3 is 3.00 bits per heavy atom. The first-order chi connectivity index (χ1) is 6.61. The van der Waals surface area contributed by atoms with E-state index in [1.807, 2.05) is 0 Å². The van der Waals surface area contributed by atoms with Gasteiger partial charge in [-0.05, 0) is 13.0 Å². The number of hydrogen-bond donors (Lipinski definition) is 3. The highest BCUT2D eigenvalue weighted by molar-refractivity contribution is 7.80. The molecular formula is C8H10N4OS. The van der Waals surface area contributed by atoms with Crippen molar-refractivity contribution in [1.82, 2.24) is 14.6 Å². The van der Waals surface area contributed by atoms with Gasteiger partial charge in [-0.1, -0.05) is 0 Å². The zero-order valence-corrected chi connectivity index (χ0v) is 8.44. The van der Waals surface area contributed by atoms with E-state index >= 15 is 0 Å². The molecular weight excluding hydrogens is 200 g/mol. The van der Waals surface area contributed by atoms with E-state index in [2.05, 4.69) is 22.7 Å².